The van der Waals surface area contributed by atoms with Crippen LogP contribution in [0, 0.1) is 6.92 Å². The number of nitrogens with zero attached hydrogens (tertiary/aromatic N) is 2. The molecule has 0 aliphatic rings. The van der Waals surface area contributed by atoms with E-state index < -0.39 is 25.8 Å². The second kappa shape index (κ2) is 9.31. The zero-order chi connectivity index (χ0) is 25.2. The number of amides is 1. The molecule has 0 radical (unpaired) electrons. The lowest BCUT2D eigenvalue weighted by Crippen LogP contribution is -2.14. The lowest BCUT2D eigenvalue weighted by molar-refractivity contribution is 0.102. The average molecular weight is 513 g/mol. The summed E-state index contributed by atoms with van der Waals surface area (Å²) in [6.45, 7) is 1.86. The lowest BCUT2D eigenvalue weighted by Gasteiger charge is -2.09. The van der Waals surface area contributed by atoms with Gasteiger partial charge in [-0.25, -0.2) is 16.8 Å². The molecule has 1 heterocycles. The van der Waals surface area contributed by atoms with E-state index in [0.717, 1.165) is 11.8 Å². The van der Waals surface area contributed by atoms with E-state index in [2.05, 4.69) is 20.2 Å². The van der Waals surface area contributed by atoms with Gasteiger partial charge in [-0.1, -0.05) is 28.9 Å². The molecule has 10 nitrogen and oxygen atoms in total. The van der Waals surface area contributed by atoms with Crippen molar-refractivity contribution in [2.45, 2.75) is 16.7 Å². The highest BCUT2D eigenvalue weighted by Gasteiger charge is 2.17. The van der Waals surface area contributed by atoms with Crippen LogP contribution in [0.1, 0.15) is 15.9 Å². The monoisotopic (exact) mass is 512 g/mol. The third-order valence-electron chi connectivity index (χ3n) is 4.89. The molecule has 3 aromatic carbocycles. The SMILES string of the molecule is Cc1ccc(S(=O)(=O)Nc2ccc(C(=O)Nc3nnc(-c4cccc(S(C)(=O)=O)c4)o3)cc2)cc1. The van der Waals surface area contributed by atoms with E-state index >= 15 is 0 Å². The first kappa shape index (κ1) is 24.1. The Balaban J connectivity index is 1.44. The molecule has 0 aliphatic heterocycles. The van der Waals surface area contributed by atoms with E-state index in [1.165, 1.54) is 48.5 Å². The van der Waals surface area contributed by atoms with Gasteiger partial charge in [0, 0.05) is 23.1 Å². The van der Waals surface area contributed by atoms with Crippen molar-refractivity contribution >= 4 is 37.5 Å². The van der Waals surface area contributed by atoms with Crippen molar-refractivity contribution in [1.82, 2.24) is 10.2 Å². The zero-order valence-electron chi connectivity index (χ0n) is 18.6. The molecule has 0 saturated heterocycles. The maximum atomic E-state index is 12.5. The normalized spacial score (nSPS) is 11.7. The van der Waals surface area contributed by atoms with E-state index in [9.17, 15) is 21.6 Å². The molecule has 180 valence electrons. The highest BCUT2D eigenvalue weighted by Crippen LogP contribution is 2.23. The van der Waals surface area contributed by atoms with Crippen molar-refractivity contribution in [3.63, 3.8) is 0 Å². The van der Waals surface area contributed by atoms with Crippen LogP contribution < -0.4 is 10.0 Å². The molecule has 4 aromatic rings. The molecule has 35 heavy (non-hydrogen) atoms. The quantitative estimate of drug-likeness (QED) is 0.382. The van der Waals surface area contributed by atoms with Gasteiger partial charge in [-0.3, -0.25) is 14.8 Å². The predicted molar refractivity (Wildman–Crippen MR) is 129 cm³/mol. The Morgan fingerprint density at radius 3 is 2.20 bits per heavy atom. The minimum absolute atomic E-state index is 0.0339. The molecule has 0 fully saturated rings. The summed E-state index contributed by atoms with van der Waals surface area (Å²) in [7, 11) is -7.19. The first-order valence-electron chi connectivity index (χ1n) is 10.2. The summed E-state index contributed by atoms with van der Waals surface area (Å²) in [5, 5.41) is 10.1. The molecule has 0 spiro atoms. The van der Waals surface area contributed by atoms with Crippen molar-refractivity contribution in [1.29, 1.82) is 0 Å². The third kappa shape index (κ3) is 5.73. The highest BCUT2D eigenvalue weighted by molar-refractivity contribution is 7.92. The Bertz CT molecular complexity index is 1590. The van der Waals surface area contributed by atoms with Crippen molar-refractivity contribution in [3.8, 4) is 11.5 Å². The molecule has 0 atom stereocenters. The van der Waals surface area contributed by atoms with Gasteiger partial charge in [0.2, 0.25) is 5.89 Å². The van der Waals surface area contributed by atoms with Crippen molar-refractivity contribution in [2.24, 2.45) is 0 Å². The summed E-state index contributed by atoms with van der Waals surface area (Å²) < 4.78 is 56.4. The number of hydrogen-bond acceptors (Lipinski definition) is 8. The van der Waals surface area contributed by atoms with Gasteiger partial charge in [-0.05, 0) is 61.5 Å². The number of aryl methyl sites for hydroxylation is 1. The average Bonchev–Trinajstić information content (AvgIpc) is 3.27. The topological polar surface area (TPSA) is 148 Å². The number of carbonyl (C=O) groups is 1. The molecular formula is C23H20N4O6S2. The van der Waals surface area contributed by atoms with Crippen LogP contribution in [0.4, 0.5) is 11.7 Å². The molecule has 0 saturated carbocycles. The minimum Gasteiger partial charge on any atom is -0.403 e. The van der Waals surface area contributed by atoms with Crippen LogP contribution in [0.3, 0.4) is 0 Å². The fourth-order valence-corrected chi connectivity index (χ4v) is 4.77. The van der Waals surface area contributed by atoms with Gasteiger partial charge in [-0.15, -0.1) is 5.10 Å². The molecule has 1 amide bonds. The van der Waals surface area contributed by atoms with Crippen LogP contribution in [0.5, 0.6) is 0 Å². The Morgan fingerprint density at radius 1 is 0.857 bits per heavy atom. The summed E-state index contributed by atoms with van der Waals surface area (Å²) in [6, 6.07) is 18.0. The Labute approximate surface area is 202 Å². The number of nitrogens with one attached hydrogen (secondary N) is 2. The standard InChI is InChI=1S/C23H20N4O6S2/c1-15-6-12-19(13-7-15)35(31,32)27-18-10-8-16(9-11-18)21(28)24-23-26-25-22(33-23)17-4-3-5-20(14-17)34(2,29)30/h3-14,27H,1-2H3,(H,24,26,28). The highest BCUT2D eigenvalue weighted by atomic mass is 32.2. The summed E-state index contributed by atoms with van der Waals surface area (Å²) in [5.74, 6) is -0.523. The molecule has 0 bridgehead atoms. The number of sulfone groups is 1. The molecule has 2 N–H and O–H groups in total. The number of anilines is 2. The van der Waals surface area contributed by atoms with E-state index in [1.54, 1.807) is 24.3 Å². The van der Waals surface area contributed by atoms with Crippen LogP contribution >= 0.6 is 0 Å². The summed E-state index contributed by atoms with van der Waals surface area (Å²) in [4.78, 5) is 12.8. The molecule has 12 heteroatoms. The van der Waals surface area contributed by atoms with Crippen molar-refractivity contribution in [3.05, 3.63) is 83.9 Å². The molecular weight excluding hydrogens is 492 g/mol. The minimum atomic E-state index is -3.77. The first-order chi connectivity index (χ1) is 16.5. The lowest BCUT2D eigenvalue weighted by atomic mass is 10.2. The van der Waals surface area contributed by atoms with Gasteiger partial charge in [0.05, 0.1) is 9.79 Å². The smallest absolute Gasteiger partial charge is 0.322 e. The predicted octanol–water partition coefficient (Wildman–Crippen LogP) is 3.50. The number of aromatic nitrogens is 2. The summed E-state index contributed by atoms with van der Waals surface area (Å²) >= 11 is 0. The summed E-state index contributed by atoms with van der Waals surface area (Å²) in [6.07, 6.45) is 1.09. The second-order valence-corrected chi connectivity index (χ2v) is 11.4. The Kier molecular flexibility index (Phi) is 6.41. The number of benzene rings is 3. The van der Waals surface area contributed by atoms with Crippen LogP contribution in [0.15, 0.2) is 87.0 Å². The zero-order valence-corrected chi connectivity index (χ0v) is 20.2. The number of rotatable bonds is 7. The van der Waals surface area contributed by atoms with E-state index in [0.29, 0.717) is 5.56 Å². The largest absolute Gasteiger partial charge is 0.403 e. The maximum Gasteiger partial charge on any atom is 0.322 e. The van der Waals surface area contributed by atoms with Crippen molar-refractivity contribution < 1.29 is 26.0 Å². The van der Waals surface area contributed by atoms with Crippen molar-refractivity contribution in [2.75, 3.05) is 16.3 Å². The third-order valence-corrected chi connectivity index (χ3v) is 7.39. The van der Waals surface area contributed by atoms with Gasteiger partial charge in [0.15, 0.2) is 9.84 Å². The van der Waals surface area contributed by atoms with Crippen LogP contribution in [-0.4, -0.2) is 39.2 Å². The van der Waals surface area contributed by atoms with Crippen LogP contribution in [0.25, 0.3) is 11.5 Å². The fourth-order valence-electron chi connectivity index (χ4n) is 3.04. The van der Waals surface area contributed by atoms with E-state index in [-0.39, 0.29) is 32.9 Å². The van der Waals surface area contributed by atoms with Gasteiger partial charge in [0.25, 0.3) is 15.9 Å². The molecule has 0 unspecified atom stereocenters. The van der Waals surface area contributed by atoms with Gasteiger partial charge >= 0.3 is 6.01 Å². The van der Waals surface area contributed by atoms with E-state index in [4.69, 9.17) is 4.42 Å². The van der Waals surface area contributed by atoms with Gasteiger partial charge in [-0.2, -0.15) is 0 Å². The fraction of sp³-hybridized carbons (Fsp3) is 0.0870. The second-order valence-electron chi connectivity index (χ2n) is 7.66. The van der Waals surface area contributed by atoms with Gasteiger partial charge < -0.3 is 4.42 Å². The molecule has 4 rings (SSSR count). The molecule has 0 aliphatic carbocycles. The first-order valence-corrected chi connectivity index (χ1v) is 13.5. The van der Waals surface area contributed by atoms with E-state index in [1.807, 2.05) is 6.92 Å². The number of sulfonamides is 1. The Hall–Kier alpha value is -4.03. The Morgan fingerprint density at radius 2 is 1.54 bits per heavy atom. The van der Waals surface area contributed by atoms with Gasteiger partial charge in [0.1, 0.15) is 0 Å². The summed E-state index contributed by atoms with van der Waals surface area (Å²) in [5.41, 5.74) is 1.83. The van der Waals surface area contributed by atoms with Crippen LogP contribution in [0.2, 0.25) is 0 Å². The molecule has 1 aromatic heterocycles. The number of hydrogen-bond donors (Lipinski definition) is 2. The number of carbonyl (C=O) groups excluding carboxylic acids is 1. The van der Waals surface area contributed by atoms with Crippen LogP contribution in [-0.2, 0) is 19.9 Å². The maximum absolute atomic E-state index is 12.5.